The second kappa shape index (κ2) is 8.73. The molecule has 0 atom stereocenters. The highest BCUT2D eigenvalue weighted by atomic mass is 16.5. The molecular weight excluding hydrogens is 320 g/mol. The molecule has 2 rings (SSSR count). The maximum atomic E-state index is 12.3. The van der Waals surface area contributed by atoms with Gasteiger partial charge in [-0.1, -0.05) is 30.3 Å². The van der Waals surface area contributed by atoms with Crippen molar-refractivity contribution in [1.29, 1.82) is 0 Å². The summed E-state index contributed by atoms with van der Waals surface area (Å²) < 4.78 is 10.3. The molecule has 0 saturated heterocycles. The summed E-state index contributed by atoms with van der Waals surface area (Å²) >= 11 is 0. The number of methoxy groups -OCH3 is 2. The van der Waals surface area contributed by atoms with Crippen molar-refractivity contribution in [1.82, 2.24) is 10.2 Å². The van der Waals surface area contributed by atoms with Crippen LogP contribution in [0, 0.1) is 0 Å². The number of nitrogens with zero attached hydrogens (tertiary/aromatic N) is 1. The summed E-state index contributed by atoms with van der Waals surface area (Å²) in [6.45, 7) is 0.407. The van der Waals surface area contributed by atoms with Gasteiger partial charge in [0.1, 0.15) is 11.5 Å². The number of ether oxygens (including phenoxy) is 2. The van der Waals surface area contributed by atoms with Crippen molar-refractivity contribution in [2.24, 2.45) is 0 Å². The molecule has 1 N–H and O–H groups in total. The van der Waals surface area contributed by atoms with Crippen molar-refractivity contribution in [3.63, 3.8) is 0 Å². The minimum Gasteiger partial charge on any atom is -0.497 e. The largest absolute Gasteiger partial charge is 0.497 e. The number of likely N-dealkylation sites (N-methyl/N-ethyl adjacent to an activating group) is 1. The van der Waals surface area contributed by atoms with Crippen LogP contribution in [-0.4, -0.2) is 44.5 Å². The summed E-state index contributed by atoms with van der Waals surface area (Å²) in [6.07, 6.45) is 0. The minimum absolute atomic E-state index is 0.0817. The van der Waals surface area contributed by atoms with Gasteiger partial charge in [-0.15, -0.1) is 0 Å². The highest BCUT2D eigenvalue weighted by Gasteiger charge is 2.14. The molecule has 0 aromatic heterocycles. The molecule has 0 radical (unpaired) electrons. The van der Waals surface area contributed by atoms with E-state index in [-0.39, 0.29) is 18.4 Å². The molecule has 0 aliphatic carbocycles. The Balaban J connectivity index is 1.93. The van der Waals surface area contributed by atoms with Gasteiger partial charge in [0.15, 0.2) is 0 Å². The zero-order valence-corrected chi connectivity index (χ0v) is 14.6. The smallest absolute Gasteiger partial charge is 0.251 e. The lowest BCUT2D eigenvalue weighted by molar-refractivity contribution is -0.129. The lowest BCUT2D eigenvalue weighted by Crippen LogP contribution is -2.37. The molecule has 6 heteroatoms. The third-order valence-corrected chi connectivity index (χ3v) is 3.70. The van der Waals surface area contributed by atoms with E-state index in [9.17, 15) is 9.59 Å². The van der Waals surface area contributed by atoms with E-state index in [1.807, 2.05) is 30.3 Å². The van der Waals surface area contributed by atoms with Gasteiger partial charge in [0.2, 0.25) is 5.91 Å². The van der Waals surface area contributed by atoms with Crippen LogP contribution in [0.4, 0.5) is 0 Å². The van der Waals surface area contributed by atoms with Gasteiger partial charge in [-0.05, 0) is 17.7 Å². The molecule has 0 heterocycles. The van der Waals surface area contributed by atoms with Gasteiger partial charge in [-0.2, -0.15) is 0 Å². The van der Waals surface area contributed by atoms with Crippen molar-refractivity contribution in [3.8, 4) is 11.5 Å². The fraction of sp³-hybridized carbons (Fsp3) is 0.263. The fourth-order valence-electron chi connectivity index (χ4n) is 2.28. The summed E-state index contributed by atoms with van der Waals surface area (Å²) in [6, 6.07) is 14.5. The van der Waals surface area contributed by atoms with Crippen LogP contribution in [-0.2, 0) is 11.3 Å². The number of hydrogen-bond acceptors (Lipinski definition) is 4. The molecule has 0 aliphatic heterocycles. The molecule has 2 amide bonds. The van der Waals surface area contributed by atoms with Crippen LogP contribution in [0.5, 0.6) is 11.5 Å². The number of benzene rings is 2. The Morgan fingerprint density at radius 2 is 1.60 bits per heavy atom. The van der Waals surface area contributed by atoms with E-state index in [4.69, 9.17) is 9.47 Å². The molecular formula is C19H22N2O4. The number of nitrogens with one attached hydrogen (secondary N) is 1. The fourth-order valence-corrected chi connectivity index (χ4v) is 2.28. The predicted octanol–water partition coefficient (Wildman–Crippen LogP) is 2.09. The van der Waals surface area contributed by atoms with E-state index in [1.165, 1.54) is 14.2 Å². The van der Waals surface area contributed by atoms with Gasteiger partial charge in [-0.25, -0.2) is 0 Å². The van der Waals surface area contributed by atoms with Crippen LogP contribution in [0.2, 0.25) is 0 Å². The highest BCUT2D eigenvalue weighted by Crippen LogP contribution is 2.22. The Morgan fingerprint density at radius 1 is 1.00 bits per heavy atom. The predicted molar refractivity (Wildman–Crippen MR) is 94.8 cm³/mol. The summed E-state index contributed by atoms with van der Waals surface area (Å²) in [4.78, 5) is 26.0. The van der Waals surface area contributed by atoms with E-state index in [1.54, 1.807) is 30.1 Å². The van der Waals surface area contributed by atoms with Crippen LogP contribution < -0.4 is 14.8 Å². The van der Waals surface area contributed by atoms with Crippen molar-refractivity contribution in [3.05, 3.63) is 59.7 Å². The summed E-state index contributed by atoms with van der Waals surface area (Å²) in [5.41, 5.74) is 1.40. The quantitative estimate of drug-likeness (QED) is 0.837. The monoisotopic (exact) mass is 342 g/mol. The lowest BCUT2D eigenvalue weighted by Gasteiger charge is -2.17. The number of carbonyl (C=O) groups is 2. The normalized spacial score (nSPS) is 10.0. The minimum atomic E-state index is -0.362. The van der Waals surface area contributed by atoms with Crippen LogP contribution >= 0.6 is 0 Å². The van der Waals surface area contributed by atoms with Crippen LogP contribution in [0.3, 0.4) is 0 Å². The third kappa shape index (κ3) is 5.24. The van der Waals surface area contributed by atoms with Crippen LogP contribution in [0.1, 0.15) is 15.9 Å². The number of amides is 2. The molecule has 25 heavy (non-hydrogen) atoms. The van der Waals surface area contributed by atoms with Crippen molar-refractivity contribution in [2.45, 2.75) is 6.54 Å². The maximum Gasteiger partial charge on any atom is 0.251 e. The molecule has 132 valence electrons. The first kappa shape index (κ1) is 18.3. The first-order chi connectivity index (χ1) is 12.0. The van der Waals surface area contributed by atoms with Crippen molar-refractivity contribution >= 4 is 11.8 Å². The van der Waals surface area contributed by atoms with E-state index >= 15 is 0 Å². The Kier molecular flexibility index (Phi) is 6.39. The lowest BCUT2D eigenvalue weighted by atomic mass is 10.2. The average Bonchev–Trinajstić information content (AvgIpc) is 2.65. The zero-order chi connectivity index (χ0) is 18.2. The molecule has 0 unspecified atom stereocenters. The summed E-state index contributed by atoms with van der Waals surface area (Å²) in [5.74, 6) is 0.486. The molecule has 0 spiro atoms. The van der Waals surface area contributed by atoms with Crippen LogP contribution in [0.25, 0.3) is 0 Å². The SMILES string of the molecule is COc1cc(OC)cc(C(=O)NCC(=O)N(C)Cc2ccccc2)c1. The Hall–Kier alpha value is -3.02. The number of carbonyl (C=O) groups excluding carboxylic acids is 2. The topological polar surface area (TPSA) is 67.9 Å². The Morgan fingerprint density at radius 3 is 2.16 bits per heavy atom. The summed E-state index contributed by atoms with van der Waals surface area (Å²) in [5, 5.41) is 2.63. The molecule has 0 aliphatic rings. The van der Waals surface area contributed by atoms with Gasteiger partial charge in [0, 0.05) is 25.2 Å². The second-order valence-electron chi connectivity index (χ2n) is 5.52. The zero-order valence-electron chi connectivity index (χ0n) is 14.6. The molecule has 0 saturated carbocycles. The van der Waals surface area contributed by atoms with Gasteiger partial charge in [0.05, 0.1) is 20.8 Å². The Bertz CT molecular complexity index is 709. The van der Waals surface area contributed by atoms with Gasteiger partial charge >= 0.3 is 0 Å². The number of hydrogen-bond donors (Lipinski definition) is 1. The average molecular weight is 342 g/mol. The first-order valence-electron chi connectivity index (χ1n) is 7.82. The summed E-state index contributed by atoms with van der Waals surface area (Å²) in [7, 11) is 4.73. The molecule has 2 aromatic carbocycles. The third-order valence-electron chi connectivity index (χ3n) is 3.70. The van der Waals surface area contributed by atoms with Crippen molar-refractivity contribution in [2.75, 3.05) is 27.8 Å². The first-order valence-corrected chi connectivity index (χ1v) is 7.82. The number of rotatable bonds is 7. The van der Waals surface area contributed by atoms with E-state index in [0.717, 1.165) is 5.56 Å². The van der Waals surface area contributed by atoms with Crippen LogP contribution in [0.15, 0.2) is 48.5 Å². The van der Waals surface area contributed by atoms with E-state index in [0.29, 0.717) is 23.6 Å². The van der Waals surface area contributed by atoms with Gasteiger partial charge in [-0.3, -0.25) is 9.59 Å². The molecule has 2 aromatic rings. The molecule has 0 fully saturated rings. The standard InChI is InChI=1S/C19H22N2O4/c1-21(13-14-7-5-4-6-8-14)18(22)12-20-19(23)15-9-16(24-2)11-17(10-15)25-3/h4-11H,12-13H2,1-3H3,(H,20,23). The molecule has 0 bridgehead atoms. The van der Waals surface area contributed by atoms with Gasteiger partial charge < -0.3 is 19.7 Å². The molecule has 6 nitrogen and oxygen atoms in total. The van der Waals surface area contributed by atoms with Crippen molar-refractivity contribution < 1.29 is 19.1 Å². The Labute approximate surface area is 147 Å². The highest BCUT2D eigenvalue weighted by molar-refractivity contribution is 5.97. The second-order valence-corrected chi connectivity index (χ2v) is 5.52. The van der Waals surface area contributed by atoms with E-state index in [2.05, 4.69) is 5.32 Å². The van der Waals surface area contributed by atoms with E-state index < -0.39 is 0 Å². The van der Waals surface area contributed by atoms with Gasteiger partial charge in [0.25, 0.3) is 5.91 Å². The maximum absolute atomic E-state index is 12.3.